The average Bonchev–Trinajstić information content (AvgIpc) is 1.83. The predicted octanol–water partition coefficient (Wildman–Crippen LogP) is 0.634. The van der Waals surface area contributed by atoms with Gasteiger partial charge in [-0.2, -0.15) is 8.42 Å². The van der Waals surface area contributed by atoms with Crippen molar-refractivity contribution in [2.24, 2.45) is 0 Å². The molecule has 1 aromatic rings. The second-order valence-corrected chi connectivity index (χ2v) is 4.13. The van der Waals surface area contributed by atoms with Crippen molar-refractivity contribution in [3.8, 4) is 0 Å². The van der Waals surface area contributed by atoms with Gasteiger partial charge < -0.3 is 0 Å². The van der Waals surface area contributed by atoms with Gasteiger partial charge in [0, 0.05) is 0 Å². The summed E-state index contributed by atoms with van der Waals surface area (Å²) in [6.07, 6.45) is 0. The standard InChI is InChI=1S/C8H10O3S.Ca.2H/c1-6-3-4-8(7(2)5-6)12(9,10)11;;;/h3-5H,1-2H3,(H,9,10,11);;;. The molecule has 13 heavy (non-hydrogen) atoms. The van der Waals surface area contributed by atoms with Crippen molar-refractivity contribution in [2.45, 2.75) is 18.7 Å². The molecular weight excluding hydrogens is 216 g/mol. The zero-order valence-electron chi connectivity index (χ0n) is 6.90. The van der Waals surface area contributed by atoms with E-state index < -0.39 is 10.1 Å². The van der Waals surface area contributed by atoms with Crippen LogP contribution < -0.4 is 0 Å². The van der Waals surface area contributed by atoms with Crippen LogP contribution in [0.1, 0.15) is 11.1 Å². The van der Waals surface area contributed by atoms with Gasteiger partial charge in [-0.3, -0.25) is 4.55 Å². The van der Waals surface area contributed by atoms with Gasteiger partial charge in [-0.1, -0.05) is 17.7 Å². The average molecular weight is 228 g/mol. The first-order chi connectivity index (χ1) is 5.41. The fourth-order valence-electron chi connectivity index (χ4n) is 1.09. The van der Waals surface area contributed by atoms with Crippen LogP contribution in [0.5, 0.6) is 0 Å². The topological polar surface area (TPSA) is 54.4 Å². The van der Waals surface area contributed by atoms with Crippen LogP contribution in [-0.4, -0.2) is 50.7 Å². The summed E-state index contributed by atoms with van der Waals surface area (Å²) in [5.74, 6) is 0. The van der Waals surface area contributed by atoms with E-state index in [0.717, 1.165) is 5.56 Å². The summed E-state index contributed by atoms with van der Waals surface area (Å²) in [6.45, 7) is 3.51. The van der Waals surface area contributed by atoms with Crippen molar-refractivity contribution in [2.75, 3.05) is 0 Å². The Morgan fingerprint density at radius 1 is 1.23 bits per heavy atom. The molecule has 1 aromatic carbocycles. The molecule has 0 saturated heterocycles. The first-order valence-electron chi connectivity index (χ1n) is 3.46. The molecule has 1 rings (SSSR count). The van der Waals surface area contributed by atoms with Gasteiger partial charge in [0.15, 0.2) is 0 Å². The van der Waals surface area contributed by atoms with E-state index in [4.69, 9.17) is 4.55 Å². The van der Waals surface area contributed by atoms with E-state index in [-0.39, 0.29) is 42.6 Å². The molecule has 0 heterocycles. The summed E-state index contributed by atoms with van der Waals surface area (Å²) in [4.78, 5) is -0.0203. The summed E-state index contributed by atoms with van der Waals surface area (Å²) in [7, 11) is -4.05. The van der Waals surface area contributed by atoms with Crippen LogP contribution >= 0.6 is 0 Å². The zero-order chi connectivity index (χ0) is 9.35. The molecule has 0 saturated carbocycles. The molecule has 0 fully saturated rings. The van der Waals surface area contributed by atoms with Crippen molar-refractivity contribution in [1.29, 1.82) is 0 Å². The summed E-state index contributed by atoms with van der Waals surface area (Å²) in [5.41, 5.74) is 1.54. The van der Waals surface area contributed by atoms with Gasteiger partial charge in [0.25, 0.3) is 10.1 Å². The molecule has 0 amide bonds. The normalized spacial score (nSPS) is 10.7. The van der Waals surface area contributed by atoms with Crippen LogP contribution in [0, 0.1) is 13.8 Å². The van der Waals surface area contributed by atoms with Crippen molar-refractivity contribution in [3.05, 3.63) is 29.3 Å². The van der Waals surface area contributed by atoms with Crippen molar-refractivity contribution in [3.63, 3.8) is 0 Å². The maximum absolute atomic E-state index is 10.7. The summed E-state index contributed by atoms with van der Waals surface area (Å²) < 4.78 is 30.2. The van der Waals surface area contributed by atoms with Gasteiger partial charge in [0.1, 0.15) is 0 Å². The molecule has 0 unspecified atom stereocenters. The van der Waals surface area contributed by atoms with Gasteiger partial charge >= 0.3 is 37.7 Å². The monoisotopic (exact) mass is 228 g/mol. The third-order valence-electron chi connectivity index (χ3n) is 1.61. The molecule has 0 radical (unpaired) electrons. The molecule has 0 aliphatic carbocycles. The number of aryl methyl sites for hydroxylation is 2. The maximum atomic E-state index is 10.7. The molecule has 0 aromatic heterocycles. The van der Waals surface area contributed by atoms with E-state index >= 15 is 0 Å². The van der Waals surface area contributed by atoms with Crippen molar-refractivity contribution in [1.82, 2.24) is 0 Å². The van der Waals surface area contributed by atoms with Gasteiger partial charge in [-0.25, -0.2) is 0 Å². The quantitative estimate of drug-likeness (QED) is 0.567. The molecule has 3 nitrogen and oxygen atoms in total. The summed E-state index contributed by atoms with van der Waals surface area (Å²) in [6, 6.07) is 4.76. The minimum absolute atomic E-state index is 0. The summed E-state index contributed by atoms with van der Waals surface area (Å²) in [5, 5.41) is 0. The minimum atomic E-state index is -4.05. The number of hydrogen-bond acceptors (Lipinski definition) is 2. The summed E-state index contributed by atoms with van der Waals surface area (Å²) >= 11 is 0. The molecule has 70 valence electrons. The third-order valence-corrected chi connectivity index (χ3v) is 2.62. The van der Waals surface area contributed by atoms with Gasteiger partial charge in [0.2, 0.25) is 0 Å². The van der Waals surface area contributed by atoms with Gasteiger partial charge in [-0.05, 0) is 25.5 Å². The molecule has 0 aliphatic heterocycles. The van der Waals surface area contributed by atoms with Crippen LogP contribution in [0.2, 0.25) is 0 Å². The molecule has 0 aliphatic rings. The Morgan fingerprint density at radius 3 is 2.15 bits per heavy atom. The Bertz CT molecular complexity index is 398. The van der Waals surface area contributed by atoms with Crippen molar-refractivity contribution < 1.29 is 13.0 Å². The SMILES string of the molecule is Cc1ccc(S(=O)(=O)O)c(C)c1.[CaH2]. The van der Waals surface area contributed by atoms with Crippen LogP contribution in [-0.2, 0) is 10.1 Å². The third kappa shape index (κ3) is 3.56. The van der Waals surface area contributed by atoms with Crippen LogP contribution in [0.25, 0.3) is 0 Å². The van der Waals surface area contributed by atoms with Crippen LogP contribution in [0.4, 0.5) is 0 Å². The fourth-order valence-corrected chi connectivity index (χ4v) is 1.79. The van der Waals surface area contributed by atoms with Crippen molar-refractivity contribution >= 4 is 47.9 Å². The first-order valence-corrected chi connectivity index (χ1v) is 4.90. The Balaban J connectivity index is 0.00000144. The number of rotatable bonds is 1. The second kappa shape index (κ2) is 4.75. The zero-order valence-corrected chi connectivity index (χ0v) is 7.72. The Kier molecular flexibility index (Phi) is 4.90. The second-order valence-electron chi connectivity index (χ2n) is 2.74. The molecule has 0 spiro atoms. The van der Waals surface area contributed by atoms with Crippen LogP contribution in [0.15, 0.2) is 23.1 Å². The fraction of sp³-hybridized carbons (Fsp3) is 0.250. The van der Waals surface area contributed by atoms with Gasteiger partial charge in [0.05, 0.1) is 4.90 Å². The first kappa shape index (κ1) is 13.4. The van der Waals surface area contributed by atoms with Crippen LogP contribution in [0.3, 0.4) is 0 Å². The molecule has 0 atom stereocenters. The number of hydrogen-bond donors (Lipinski definition) is 1. The van der Waals surface area contributed by atoms with E-state index in [0.29, 0.717) is 5.56 Å². The number of benzene rings is 1. The molecule has 0 bridgehead atoms. The van der Waals surface area contributed by atoms with E-state index in [1.807, 2.05) is 6.92 Å². The molecular formula is C8H12CaO3S. The Hall–Kier alpha value is 0.390. The molecule has 1 N–H and O–H groups in total. The van der Waals surface area contributed by atoms with E-state index in [9.17, 15) is 8.42 Å². The predicted molar refractivity (Wildman–Crippen MR) is 54.3 cm³/mol. The Labute approximate surface area is 108 Å². The molecule has 5 heteroatoms. The van der Waals surface area contributed by atoms with E-state index in [1.54, 1.807) is 19.1 Å². The van der Waals surface area contributed by atoms with Gasteiger partial charge in [-0.15, -0.1) is 0 Å². The van der Waals surface area contributed by atoms with E-state index in [2.05, 4.69) is 0 Å². The van der Waals surface area contributed by atoms with E-state index in [1.165, 1.54) is 6.07 Å². The Morgan fingerprint density at radius 2 is 1.77 bits per heavy atom.